The minimum Gasteiger partial charge on any atom is -0.377 e. The van der Waals surface area contributed by atoms with E-state index in [9.17, 15) is 0 Å². The summed E-state index contributed by atoms with van der Waals surface area (Å²) in [6.07, 6.45) is 0. The predicted octanol–water partition coefficient (Wildman–Crippen LogP) is 1.37. The van der Waals surface area contributed by atoms with Crippen LogP contribution in [0.5, 0.6) is 0 Å². The molecule has 1 aromatic heterocycles. The molecule has 1 aliphatic heterocycles. The van der Waals surface area contributed by atoms with Crippen molar-refractivity contribution in [3.05, 3.63) is 24.3 Å². The molecule has 0 radical (unpaired) electrons. The van der Waals surface area contributed by atoms with E-state index >= 15 is 0 Å². The number of hydrogen-bond acceptors (Lipinski definition) is 3. The van der Waals surface area contributed by atoms with Crippen molar-refractivity contribution in [3.63, 3.8) is 0 Å². The van der Waals surface area contributed by atoms with Crippen molar-refractivity contribution in [3.8, 4) is 0 Å². The quantitative estimate of drug-likeness (QED) is 0.750. The lowest BCUT2D eigenvalue weighted by Gasteiger charge is -2.26. The van der Waals surface area contributed by atoms with Gasteiger partial charge in [-0.25, -0.2) is 4.98 Å². The molecule has 2 heterocycles. The summed E-state index contributed by atoms with van der Waals surface area (Å²) in [6.45, 7) is 1.55. The number of fused-ring (bicyclic) bond motifs is 1. The van der Waals surface area contributed by atoms with Gasteiger partial charge in [0.05, 0.1) is 30.3 Å². The summed E-state index contributed by atoms with van der Waals surface area (Å²) in [6, 6.07) is 8.41. The van der Waals surface area contributed by atoms with Gasteiger partial charge in [0.1, 0.15) is 0 Å². The first-order valence-electron chi connectivity index (χ1n) is 4.71. The second-order valence-corrected chi connectivity index (χ2v) is 3.48. The van der Waals surface area contributed by atoms with Crippen LogP contribution in [0.25, 0.3) is 11.0 Å². The normalized spacial score (nSPS) is 16.9. The lowest BCUT2D eigenvalue weighted by Crippen LogP contribution is -2.40. The summed E-state index contributed by atoms with van der Waals surface area (Å²) in [5.41, 5.74) is 2.06. The van der Waals surface area contributed by atoms with Crippen LogP contribution in [0.15, 0.2) is 24.3 Å². The number of benzene rings is 1. The van der Waals surface area contributed by atoms with Crippen molar-refractivity contribution in [1.82, 2.24) is 9.97 Å². The minimum absolute atomic E-state index is 0.413. The molecule has 4 nitrogen and oxygen atoms in total. The highest BCUT2D eigenvalue weighted by atomic mass is 16.5. The van der Waals surface area contributed by atoms with E-state index in [4.69, 9.17) is 4.74 Å². The monoisotopic (exact) mass is 189 g/mol. The first-order valence-corrected chi connectivity index (χ1v) is 4.71. The van der Waals surface area contributed by atoms with Gasteiger partial charge in [0.2, 0.25) is 5.95 Å². The Balaban J connectivity index is 1.89. The number of ether oxygens (including phenoxy) is 1. The Morgan fingerprint density at radius 3 is 2.93 bits per heavy atom. The highest BCUT2D eigenvalue weighted by Gasteiger charge is 2.18. The van der Waals surface area contributed by atoms with Gasteiger partial charge in [-0.1, -0.05) is 12.1 Å². The Kier molecular flexibility index (Phi) is 1.67. The molecule has 2 N–H and O–H groups in total. The number of rotatable bonds is 2. The van der Waals surface area contributed by atoms with Crippen LogP contribution in [0, 0.1) is 0 Å². The van der Waals surface area contributed by atoms with E-state index in [1.807, 2.05) is 24.3 Å². The molecule has 1 aliphatic rings. The van der Waals surface area contributed by atoms with Gasteiger partial charge < -0.3 is 15.0 Å². The zero-order valence-electron chi connectivity index (χ0n) is 7.66. The molecule has 14 heavy (non-hydrogen) atoms. The number of nitrogens with zero attached hydrogens (tertiary/aromatic N) is 1. The maximum absolute atomic E-state index is 5.08. The average molecular weight is 189 g/mol. The van der Waals surface area contributed by atoms with Gasteiger partial charge in [-0.3, -0.25) is 0 Å². The molecule has 0 bridgehead atoms. The van der Waals surface area contributed by atoms with Crippen molar-refractivity contribution >= 4 is 17.0 Å². The number of imidazole rings is 1. The van der Waals surface area contributed by atoms with E-state index in [2.05, 4.69) is 15.3 Å². The Hall–Kier alpha value is -1.55. The van der Waals surface area contributed by atoms with Crippen molar-refractivity contribution < 1.29 is 4.74 Å². The van der Waals surface area contributed by atoms with Crippen LogP contribution < -0.4 is 5.32 Å². The number of anilines is 1. The third-order valence-electron chi connectivity index (χ3n) is 2.37. The molecule has 0 amide bonds. The van der Waals surface area contributed by atoms with E-state index in [-0.39, 0.29) is 0 Å². The van der Waals surface area contributed by atoms with Crippen LogP contribution in [0.4, 0.5) is 5.95 Å². The summed E-state index contributed by atoms with van der Waals surface area (Å²) in [4.78, 5) is 7.63. The molecule has 1 aromatic carbocycles. The fraction of sp³-hybridized carbons (Fsp3) is 0.300. The van der Waals surface area contributed by atoms with Crippen LogP contribution in [0.2, 0.25) is 0 Å². The van der Waals surface area contributed by atoms with Crippen LogP contribution in [0.1, 0.15) is 0 Å². The average Bonchev–Trinajstić information content (AvgIpc) is 2.53. The van der Waals surface area contributed by atoms with Gasteiger partial charge in [0, 0.05) is 0 Å². The molecule has 1 saturated heterocycles. The van der Waals surface area contributed by atoms with Crippen molar-refractivity contribution in [2.45, 2.75) is 6.04 Å². The third-order valence-corrected chi connectivity index (χ3v) is 2.37. The second-order valence-electron chi connectivity index (χ2n) is 3.48. The van der Waals surface area contributed by atoms with Crippen LogP contribution in [0.3, 0.4) is 0 Å². The molecule has 0 unspecified atom stereocenters. The minimum atomic E-state index is 0.413. The van der Waals surface area contributed by atoms with Gasteiger partial charge >= 0.3 is 0 Å². The van der Waals surface area contributed by atoms with Crippen LogP contribution in [-0.2, 0) is 4.74 Å². The Bertz CT molecular complexity index is 414. The fourth-order valence-electron chi connectivity index (χ4n) is 1.53. The predicted molar refractivity (Wildman–Crippen MR) is 54.3 cm³/mol. The first kappa shape index (κ1) is 7.82. The Morgan fingerprint density at radius 1 is 1.36 bits per heavy atom. The van der Waals surface area contributed by atoms with Gasteiger partial charge in [-0.05, 0) is 12.1 Å². The van der Waals surface area contributed by atoms with Crippen LogP contribution in [-0.4, -0.2) is 29.2 Å². The van der Waals surface area contributed by atoms with Crippen LogP contribution >= 0.6 is 0 Å². The number of aromatic nitrogens is 2. The third kappa shape index (κ3) is 1.24. The molecule has 0 atom stereocenters. The van der Waals surface area contributed by atoms with E-state index in [1.54, 1.807) is 0 Å². The summed E-state index contributed by atoms with van der Waals surface area (Å²) < 4.78 is 5.08. The molecule has 0 spiro atoms. The summed E-state index contributed by atoms with van der Waals surface area (Å²) >= 11 is 0. The Morgan fingerprint density at radius 2 is 2.21 bits per heavy atom. The number of H-pyrrole nitrogens is 1. The van der Waals surface area contributed by atoms with E-state index in [0.717, 1.165) is 30.2 Å². The SMILES string of the molecule is c1ccc2[nH]c(NC3COC3)nc2c1. The van der Waals surface area contributed by atoms with Crippen molar-refractivity contribution in [2.75, 3.05) is 18.5 Å². The molecule has 2 aromatic rings. The molecule has 72 valence electrons. The smallest absolute Gasteiger partial charge is 0.201 e. The number of aromatic amines is 1. The molecule has 3 rings (SSSR count). The van der Waals surface area contributed by atoms with E-state index < -0.39 is 0 Å². The molecular formula is C10H11N3O. The Labute approximate surface area is 81.3 Å². The highest BCUT2D eigenvalue weighted by molar-refractivity contribution is 5.77. The number of nitrogens with one attached hydrogen (secondary N) is 2. The van der Waals surface area contributed by atoms with Gasteiger partial charge in [0.15, 0.2) is 0 Å². The number of hydrogen-bond donors (Lipinski definition) is 2. The first-order chi connectivity index (χ1) is 6.92. The summed E-state index contributed by atoms with van der Waals surface area (Å²) in [7, 11) is 0. The molecule has 1 fully saturated rings. The highest BCUT2D eigenvalue weighted by Crippen LogP contribution is 2.15. The zero-order valence-corrected chi connectivity index (χ0v) is 7.66. The van der Waals surface area contributed by atoms with Crippen molar-refractivity contribution in [2.24, 2.45) is 0 Å². The zero-order chi connectivity index (χ0) is 9.38. The van der Waals surface area contributed by atoms with Gasteiger partial charge in [-0.15, -0.1) is 0 Å². The van der Waals surface area contributed by atoms with E-state index in [1.165, 1.54) is 0 Å². The second kappa shape index (κ2) is 2.99. The fourth-order valence-corrected chi connectivity index (χ4v) is 1.53. The number of para-hydroxylation sites is 2. The topological polar surface area (TPSA) is 49.9 Å². The van der Waals surface area contributed by atoms with Gasteiger partial charge in [-0.2, -0.15) is 0 Å². The maximum atomic E-state index is 5.08. The summed E-state index contributed by atoms with van der Waals surface area (Å²) in [5.74, 6) is 0.833. The lowest BCUT2D eigenvalue weighted by molar-refractivity contribution is 0.0208. The van der Waals surface area contributed by atoms with Crippen molar-refractivity contribution in [1.29, 1.82) is 0 Å². The van der Waals surface area contributed by atoms with Gasteiger partial charge in [0.25, 0.3) is 0 Å². The molecule has 0 aliphatic carbocycles. The van der Waals surface area contributed by atoms with E-state index in [0.29, 0.717) is 6.04 Å². The summed E-state index contributed by atoms with van der Waals surface area (Å²) in [5, 5.41) is 3.28. The maximum Gasteiger partial charge on any atom is 0.201 e. The molecular weight excluding hydrogens is 178 g/mol. The molecule has 0 saturated carbocycles. The lowest BCUT2D eigenvalue weighted by atomic mass is 10.3. The molecule has 4 heteroatoms. The standard InChI is InChI=1S/C10H11N3O/c1-2-4-9-8(3-1)12-10(13-9)11-7-5-14-6-7/h1-4,7H,5-6H2,(H2,11,12,13). The largest absolute Gasteiger partial charge is 0.377 e.